The van der Waals surface area contributed by atoms with E-state index in [0.717, 1.165) is 55.9 Å². The summed E-state index contributed by atoms with van der Waals surface area (Å²) in [5.74, 6) is 1.24. The molecule has 5 aromatic carbocycles. The second-order valence-electron chi connectivity index (χ2n) is 14.7. The smallest absolute Gasteiger partial charge is 0.143 e. The summed E-state index contributed by atoms with van der Waals surface area (Å²) in [6.07, 6.45) is 1.84. The first-order valence-electron chi connectivity index (χ1n) is 16.8. The molecular formula is C44H39N4OPt-3. The number of rotatable bonds is 5. The Morgan fingerprint density at radius 1 is 0.600 bits per heavy atom. The summed E-state index contributed by atoms with van der Waals surface area (Å²) in [6.45, 7) is 15.6. The van der Waals surface area contributed by atoms with Gasteiger partial charge in [0.25, 0.3) is 0 Å². The Bertz CT molecular complexity index is 2290. The van der Waals surface area contributed by atoms with Gasteiger partial charge in [0.05, 0.1) is 5.52 Å². The number of fused-ring (bicyclic) bond motifs is 4. The molecule has 0 amide bonds. The Kier molecular flexibility index (Phi) is 8.60. The maximum Gasteiger partial charge on any atom is 0.143 e. The van der Waals surface area contributed by atoms with Crippen LogP contribution in [0.15, 0.2) is 121 Å². The number of ether oxygens (including phenoxy) is 1. The van der Waals surface area contributed by atoms with Gasteiger partial charge in [-0.25, -0.2) is 4.98 Å². The van der Waals surface area contributed by atoms with Crippen LogP contribution in [0.5, 0.6) is 11.5 Å². The van der Waals surface area contributed by atoms with E-state index in [1.54, 1.807) is 0 Å². The van der Waals surface area contributed by atoms with Crippen molar-refractivity contribution in [3.63, 3.8) is 0 Å². The Labute approximate surface area is 309 Å². The number of hydrogen-bond acceptors (Lipinski definition) is 4. The van der Waals surface area contributed by atoms with Crippen LogP contribution in [0.3, 0.4) is 0 Å². The van der Waals surface area contributed by atoms with Crippen molar-refractivity contribution in [2.75, 3.05) is 9.80 Å². The topological polar surface area (TPSA) is 33.5 Å². The number of hydrogen-bond donors (Lipinski definition) is 0. The van der Waals surface area contributed by atoms with E-state index >= 15 is 0 Å². The monoisotopic (exact) mass is 834 g/mol. The van der Waals surface area contributed by atoms with E-state index in [1.807, 2.05) is 30.5 Å². The molecule has 8 rings (SSSR count). The predicted octanol–water partition coefficient (Wildman–Crippen LogP) is 11.6. The molecule has 0 radical (unpaired) electrons. The van der Waals surface area contributed by atoms with Crippen LogP contribution in [0.2, 0.25) is 0 Å². The molecule has 2 aromatic heterocycles. The molecular weight excluding hydrogens is 796 g/mol. The molecule has 6 heteroatoms. The van der Waals surface area contributed by atoms with Crippen molar-refractivity contribution >= 4 is 44.7 Å². The molecule has 1 aliphatic rings. The minimum absolute atomic E-state index is 0. The van der Waals surface area contributed by atoms with Crippen LogP contribution >= 0.6 is 0 Å². The Hall–Kier alpha value is -4.86. The molecule has 0 saturated heterocycles. The third-order valence-corrected chi connectivity index (χ3v) is 9.23. The molecule has 0 saturated carbocycles. The second-order valence-corrected chi connectivity index (χ2v) is 14.7. The first-order chi connectivity index (χ1) is 23.5. The van der Waals surface area contributed by atoms with E-state index < -0.39 is 0 Å². The van der Waals surface area contributed by atoms with Crippen LogP contribution in [0.25, 0.3) is 27.6 Å². The van der Waals surface area contributed by atoms with Crippen molar-refractivity contribution in [2.24, 2.45) is 0 Å². The molecule has 0 spiro atoms. The van der Waals surface area contributed by atoms with Gasteiger partial charge in [0, 0.05) is 66.6 Å². The van der Waals surface area contributed by atoms with Gasteiger partial charge >= 0.3 is 0 Å². The summed E-state index contributed by atoms with van der Waals surface area (Å²) >= 11 is 0. The van der Waals surface area contributed by atoms with Crippen molar-refractivity contribution < 1.29 is 25.8 Å². The van der Waals surface area contributed by atoms with Crippen molar-refractivity contribution in [3.8, 4) is 17.2 Å². The molecule has 0 atom stereocenters. The van der Waals surface area contributed by atoms with Gasteiger partial charge in [-0.3, -0.25) is 0 Å². The Morgan fingerprint density at radius 3 is 2.06 bits per heavy atom. The largest absolute Gasteiger partial charge is 0.509 e. The fourth-order valence-electron chi connectivity index (χ4n) is 6.56. The third kappa shape index (κ3) is 6.09. The molecule has 0 unspecified atom stereocenters. The third-order valence-electron chi connectivity index (χ3n) is 9.23. The fourth-order valence-corrected chi connectivity index (χ4v) is 6.56. The molecule has 0 fully saturated rings. The van der Waals surface area contributed by atoms with E-state index in [1.165, 1.54) is 5.56 Å². The molecule has 5 nitrogen and oxygen atoms in total. The normalized spacial score (nSPS) is 13.1. The number of nitrogens with zero attached hydrogens (tertiary/aromatic N) is 4. The van der Waals surface area contributed by atoms with Crippen molar-refractivity contribution in [2.45, 2.75) is 52.4 Å². The van der Waals surface area contributed by atoms with Crippen LogP contribution in [-0.4, -0.2) is 9.55 Å². The molecule has 7 aromatic rings. The summed E-state index contributed by atoms with van der Waals surface area (Å²) in [5, 5.41) is 2.26. The zero-order valence-electron chi connectivity index (χ0n) is 29.1. The van der Waals surface area contributed by atoms with Crippen LogP contribution in [-0.2, 0) is 31.9 Å². The maximum atomic E-state index is 6.63. The van der Waals surface area contributed by atoms with Gasteiger partial charge in [-0.15, -0.1) is 54.3 Å². The standard InChI is InChI=1S/C44H39N4O.Pt/c1-43(2,3)30-14-11-15-32(24-30)46-29-47(41-22-10-9-21-40(41)46)34-25-31(44(4,5)6)26-36(28-34)49-35-17-12-16-33(27-35)48-39-20-8-7-18-37(39)38-19-13-23-45-42(38)48;/h7-26,29H,1-6H3;/q-3;. The van der Waals surface area contributed by atoms with Crippen molar-refractivity contribution in [3.05, 3.63) is 151 Å². The minimum atomic E-state index is -0.123. The number of benzene rings is 5. The molecule has 0 N–H and O–H groups in total. The van der Waals surface area contributed by atoms with E-state index in [0.29, 0.717) is 11.5 Å². The second kappa shape index (κ2) is 12.8. The van der Waals surface area contributed by atoms with Gasteiger partial charge < -0.3 is 19.1 Å². The number of para-hydroxylation sites is 3. The average molecular weight is 835 g/mol. The van der Waals surface area contributed by atoms with Gasteiger partial charge in [-0.05, 0) is 58.9 Å². The van der Waals surface area contributed by atoms with Crippen molar-refractivity contribution in [1.29, 1.82) is 0 Å². The number of pyridine rings is 1. The van der Waals surface area contributed by atoms with Crippen LogP contribution < -0.4 is 14.5 Å². The van der Waals surface area contributed by atoms with Gasteiger partial charge in [0.15, 0.2) is 0 Å². The summed E-state index contributed by atoms with van der Waals surface area (Å²) in [5.41, 5.74) is 9.43. The van der Waals surface area contributed by atoms with Crippen LogP contribution in [0, 0.1) is 18.8 Å². The first kappa shape index (κ1) is 33.6. The number of aromatic nitrogens is 2. The molecule has 3 heterocycles. The zero-order chi connectivity index (χ0) is 33.9. The summed E-state index contributed by atoms with van der Waals surface area (Å²) in [6, 6.07) is 47.3. The van der Waals surface area contributed by atoms with Crippen molar-refractivity contribution in [1.82, 2.24) is 9.55 Å². The van der Waals surface area contributed by atoms with Crippen LogP contribution in [0.1, 0.15) is 52.7 Å². The van der Waals surface area contributed by atoms with Gasteiger partial charge in [-0.2, -0.15) is 6.07 Å². The van der Waals surface area contributed by atoms with Gasteiger partial charge in [0.2, 0.25) is 0 Å². The fraction of sp³-hybridized carbons (Fsp3) is 0.182. The molecule has 0 bridgehead atoms. The Balaban J connectivity index is 0.00000392. The first-order valence-corrected chi connectivity index (χ1v) is 16.8. The van der Waals surface area contributed by atoms with Gasteiger partial charge in [-0.1, -0.05) is 89.7 Å². The van der Waals surface area contributed by atoms with E-state index in [2.05, 4.69) is 166 Å². The van der Waals surface area contributed by atoms with Gasteiger partial charge in [0.1, 0.15) is 5.65 Å². The van der Waals surface area contributed by atoms with E-state index in [9.17, 15) is 0 Å². The summed E-state index contributed by atoms with van der Waals surface area (Å²) < 4.78 is 8.78. The summed E-state index contributed by atoms with van der Waals surface area (Å²) in [7, 11) is 0. The maximum absolute atomic E-state index is 6.63. The zero-order valence-corrected chi connectivity index (χ0v) is 31.4. The SMILES string of the molecule is CC(C)(C)c1cc(Oc2[c-]c(-n3c4ccccc4c4cccnc43)ccc2)[c-]c(N2[CH-]N(c3cccc(C(C)(C)C)c3)c3ccccc32)c1.[Pt]. The van der Waals surface area contributed by atoms with Crippen LogP contribution in [0.4, 0.5) is 22.7 Å². The van der Waals surface area contributed by atoms with E-state index in [-0.39, 0.29) is 31.9 Å². The molecule has 50 heavy (non-hydrogen) atoms. The number of anilines is 4. The molecule has 0 aliphatic carbocycles. The Morgan fingerprint density at radius 2 is 1.28 bits per heavy atom. The van der Waals surface area contributed by atoms with E-state index in [4.69, 9.17) is 9.72 Å². The quantitative estimate of drug-likeness (QED) is 0.162. The average Bonchev–Trinajstić information content (AvgIpc) is 3.64. The minimum Gasteiger partial charge on any atom is -0.509 e. The summed E-state index contributed by atoms with van der Waals surface area (Å²) in [4.78, 5) is 9.23. The predicted molar refractivity (Wildman–Crippen MR) is 202 cm³/mol. The molecule has 254 valence electrons. The molecule has 1 aliphatic heterocycles.